The molecule has 2 rings (SSSR count). The molecule has 0 saturated carbocycles. The first-order valence-corrected chi connectivity index (χ1v) is 8.96. The minimum absolute atomic E-state index is 0.214. The summed E-state index contributed by atoms with van der Waals surface area (Å²) in [5.74, 6) is -2.21. The van der Waals surface area contributed by atoms with E-state index in [0.29, 0.717) is 16.2 Å². The van der Waals surface area contributed by atoms with Crippen molar-refractivity contribution >= 4 is 52.2 Å². The van der Waals surface area contributed by atoms with Gasteiger partial charge in [-0.3, -0.25) is 9.69 Å². The number of hydrogen-bond acceptors (Lipinski definition) is 6. The van der Waals surface area contributed by atoms with Crippen molar-refractivity contribution < 1.29 is 29.3 Å². The van der Waals surface area contributed by atoms with Crippen molar-refractivity contribution in [3.8, 4) is 5.75 Å². The standard InChI is InChI=1S/C17H17NO6S2/c1-3-12(16(22)23)18-14(19)13(26-17(18)25)8-10-4-6-11(7-5-10)24-9(2)15(20)21/h4-9,12H,3H2,1-2H3,(H,20,21)(H,22,23)/b13-8-. The zero-order valence-corrected chi connectivity index (χ0v) is 15.7. The number of carboxylic acid groups (broad SMARTS) is 2. The maximum atomic E-state index is 12.5. The summed E-state index contributed by atoms with van der Waals surface area (Å²) >= 11 is 6.21. The normalized spacial score (nSPS) is 18.1. The summed E-state index contributed by atoms with van der Waals surface area (Å²) in [6.45, 7) is 3.10. The largest absolute Gasteiger partial charge is 0.480 e. The second-order valence-electron chi connectivity index (χ2n) is 5.48. The number of carboxylic acids is 2. The second-order valence-corrected chi connectivity index (χ2v) is 7.16. The fourth-order valence-corrected chi connectivity index (χ4v) is 3.62. The Balaban J connectivity index is 2.17. The van der Waals surface area contributed by atoms with E-state index in [-0.39, 0.29) is 10.7 Å². The molecule has 138 valence electrons. The van der Waals surface area contributed by atoms with Crippen LogP contribution in [0.25, 0.3) is 6.08 Å². The van der Waals surface area contributed by atoms with Gasteiger partial charge in [0.1, 0.15) is 16.1 Å². The molecule has 2 N–H and O–H groups in total. The Bertz CT molecular complexity index is 774. The lowest BCUT2D eigenvalue weighted by molar-refractivity contribution is -0.145. The fourth-order valence-electron chi connectivity index (χ4n) is 2.26. The molecule has 1 aromatic rings. The van der Waals surface area contributed by atoms with Gasteiger partial charge in [-0.1, -0.05) is 43.0 Å². The number of ether oxygens (including phenoxy) is 1. The van der Waals surface area contributed by atoms with Gasteiger partial charge in [0.15, 0.2) is 6.10 Å². The fraction of sp³-hybridized carbons (Fsp3) is 0.294. The van der Waals surface area contributed by atoms with Gasteiger partial charge in [-0.05, 0) is 37.1 Å². The monoisotopic (exact) mass is 395 g/mol. The lowest BCUT2D eigenvalue weighted by Gasteiger charge is -2.21. The highest BCUT2D eigenvalue weighted by Crippen LogP contribution is 2.34. The number of hydrogen-bond donors (Lipinski definition) is 2. The van der Waals surface area contributed by atoms with E-state index >= 15 is 0 Å². The van der Waals surface area contributed by atoms with Crippen LogP contribution in [0.1, 0.15) is 25.8 Å². The molecule has 0 aromatic heterocycles. The smallest absolute Gasteiger partial charge is 0.344 e. The summed E-state index contributed by atoms with van der Waals surface area (Å²) in [7, 11) is 0. The number of nitrogens with zero attached hydrogens (tertiary/aromatic N) is 1. The summed E-state index contributed by atoms with van der Waals surface area (Å²) in [5.41, 5.74) is 0.684. The summed E-state index contributed by atoms with van der Waals surface area (Å²) in [6.07, 6.45) is 0.889. The number of thioether (sulfide) groups is 1. The minimum Gasteiger partial charge on any atom is -0.480 e. The highest BCUT2D eigenvalue weighted by molar-refractivity contribution is 8.26. The number of carbonyl (C=O) groups is 3. The molecule has 2 unspecified atom stereocenters. The summed E-state index contributed by atoms with van der Waals surface area (Å²) in [5, 5.41) is 18.1. The molecule has 1 heterocycles. The van der Waals surface area contributed by atoms with Crippen molar-refractivity contribution in [1.82, 2.24) is 4.90 Å². The first kappa shape index (κ1) is 19.9. The number of amides is 1. The zero-order chi connectivity index (χ0) is 19.4. The molecule has 1 fully saturated rings. The van der Waals surface area contributed by atoms with Crippen LogP contribution in [0.3, 0.4) is 0 Å². The van der Waals surface area contributed by atoms with Crippen LogP contribution in [0, 0.1) is 0 Å². The van der Waals surface area contributed by atoms with Crippen molar-refractivity contribution in [2.24, 2.45) is 0 Å². The minimum atomic E-state index is -1.10. The van der Waals surface area contributed by atoms with E-state index < -0.39 is 30.0 Å². The second kappa shape index (κ2) is 8.33. The predicted molar refractivity (Wildman–Crippen MR) is 101 cm³/mol. The first-order chi connectivity index (χ1) is 12.2. The number of benzene rings is 1. The van der Waals surface area contributed by atoms with Gasteiger partial charge in [0.25, 0.3) is 5.91 Å². The molecule has 0 aliphatic carbocycles. The van der Waals surface area contributed by atoms with Crippen molar-refractivity contribution in [3.05, 3.63) is 34.7 Å². The van der Waals surface area contributed by atoms with Gasteiger partial charge in [0.2, 0.25) is 0 Å². The SMILES string of the molecule is CCC(C(=O)O)N1C(=O)/C(=C/c2ccc(OC(C)C(=O)O)cc2)SC1=S. The molecule has 0 radical (unpaired) electrons. The third-order valence-corrected chi connectivity index (χ3v) is 4.98. The van der Waals surface area contributed by atoms with Crippen LogP contribution < -0.4 is 4.74 Å². The zero-order valence-electron chi connectivity index (χ0n) is 14.0. The van der Waals surface area contributed by atoms with Crippen LogP contribution >= 0.6 is 24.0 Å². The van der Waals surface area contributed by atoms with Crippen molar-refractivity contribution in [3.63, 3.8) is 0 Å². The van der Waals surface area contributed by atoms with E-state index in [0.717, 1.165) is 16.7 Å². The quantitative estimate of drug-likeness (QED) is 0.536. The highest BCUT2D eigenvalue weighted by atomic mass is 32.2. The third-order valence-electron chi connectivity index (χ3n) is 3.65. The van der Waals surface area contributed by atoms with Gasteiger partial charge < -0.3 is 14.9 Å². The van der Waals surface area contributed by atoms with Gasteiger partial charge >= 0.3 is 11.9 Å². The predicted octanol–water partition coefficient (Wildman–Crippen LogP) is 2.60. The molecule has 9 heteroatoms. The van der Waals surface area contributed by atoms with Gasteiger partial charge in [-0.25, -0.2) is 9.59 Å². The van der Waals surface area contributed by atoms with Crippen LogP contribution in [0.15, 0.2) is 29.2 Å². The Labute approximate surface area is 159 Å². The molecule has 7 nitrogen and oxygen atoms in total. The van der Waals surface area contributed by atoms with Crippen molar-refractivity contribution in [2.45, 2.75) is 32.4 Å². The van der Waals surface area contributed by atoms with E-state index in [9.17, 15) is 19.5 Å². The lowest BCUT2D eigenvalue weighted by Crippen LogP contribution is -2.43. The van der Waals surface area contributed by atoms with Gasteiger partial charge in [-0.15, -0.1) is 0 Å². The van der Waals surface area contributed by atoms with Crippen molar-refractivity contribution in [1.29, 1.82) is 0 Å². The molecule has 1 amide bonds. The summed E-state index contributed by atoms with van der Waals surface area (Å²) < 4.78 is 5.46. The lowest BCUT2D eigenvalue weighted by atomic mass is 10.1. The Morgan fingerprint density at radius 3 is 2.38 bits per heavy atom. The Hall–Kier alpha value is -2.39. The molecule has 0 spiro atoms. The Morgan fingerprint density at radius 2 is 1.88 bits per heavy atom. The molecular formula is C17H17NO6S2. The number of carbonyl (C=O) groups excluding carboxylic acids is 1. The Morgan fingerprint density at radius 1 is 1.27 bits per heavy atom. The molecule has 2 atom stereocenters. The van der Waals surface area contributed by atoms with Gasteiger partial charge in [0.05, 0.1) is 4.91 Å². The molecular weight excluding hydrogens is 378 g/mol. The van der Waals surface area contributed by atoms with Crippen LogP contribution in [0.5, 0.6) is 5.75 Å². The molecule has 1 saturated heterocycles. The van der Waals surface area contributed by atoms with E-state index in [2.05, 4.69) is 0 Å². The van der Waals surface area contributed by atoms with Crippen molar-refractivity contribution in [2.75, 3.05) is 0 Å². The maximum Gasteiger partial charge on any atom is 0.344 e. The van der Waals surface area contributed by atoms with E-state index in [1.165, 1.54) is 6.92 Å². The summed E-state index contributed by atoms with van der Waals surface area (Å²) in [6, 6.07) is 5.55. The average Bonchev–Trinajstić information content (AvgIpc) is 2.84. The summed E-state index contributed by atoms with van der Waals surface area (Å²) in [4.78, 5) is 36.1. The number of rotatable bonds is 7. The average molecular weight is 395 g/mol. The number of aliphatic carboxylic acids is 2. The van der Waals surface area contributed by atoms with Crippen LogP contribution in [0.2, 0.25) is 0 Å². The highest BCUT2D eigenvalue weighted by Gasteiger charge is 2.39. The molecule has 26 heavy (non-hydrogen) atoms. The van der Waals surface area contributed by atoms with Gasteiger partial charge in [0, 0.05) is 0 Å². The van der Waals surface area contributed by atoms with Crippen LogP contribution in [0.4, 0.5) is 0 Å². The van der Waals surface area contributed by atoms with E-state index in [1.54, 1.807) is 37.3 Å². The molecule has 1 aromatic carbocycles. The van der Waals surface area contributed by atoms with Crippen LogP contribution in [-0.2, 0) is 14.4 Å². The van der Waals surface area contributed by atoms with E-state index in [1.807, 2.05) is 0 Å². The molecule has 1 aliphatic rings. The Kier molecular flexibility index (Phi) is 6.38. The first-order valence-electron chi connectivity index (χ1n) is 7.74. The van der Waals surface area contributed by atoms with Gasteiger partial charge in [-0.2, -0.15) is 0 Å². The molecule has 1 aliphatic heterocycles. The topological polar surface area (TPSA) is 104 Å². The number of thiocarbonyl (C=S) groups is 1. The van der Waals surface area contributed by atoms with Crippen LogP contribution in [-0.4, -0.2) is 49.4 Å². The third kappa shape index (κ3) is 4.41. The molecule has 0 bridgehead atoms. The van der Waals surface area contributed by atoms with E-state index in [4.69, 9.17) is 22.1 Å². The maximum absolute atomic E-state index is 12.5.